The topological polar surface area (TPSA) is 182 Å². The molecule has 2 fully saturated rings. The molecule has 1 saturated heterocycles. The van der Waals surface area contributed by atoms with Crippen LogP contribution in [0.15, 0.2) is 30.6 Å². The van der Waals surface area contributed by atoms with Crippen molar-refractivity contribution in [2.75, 3.05) is 32.8 Å². The zero-order valence-electron chi connectivity index (χ0n) is 24.1. The van der Waals surface area contributed by atoms with Crippen LogP contribution in [0.1, 0.15) is 48.7 Å². The number of nitrogens with zero attached hydrogens (tertiary/aromatic N) is 7. The maximum absolute atomic E-state index is 13.7. The van der Waals surface area contributed by atoms with Crippen LogP contribution in [0.2, 0.25) is 0 Å². The Balaban J connectivity index is 1.38. The minimum Gasteiger partial charge on any atom is -0.478 e. The molecule has 1 aromatic carbocycles. The van der Waals surface area contributed by atoms with Gasteiger partial charge in [-0.1, -0.05) is 6.07 Å². The molecule has 3 aromatic rings. The van der Waals surface area contributed by atoms with Crippen molar-refractivity contribution in [2.24, 2.45) is 0 Å². The Hall–Kier alpha value is -4.82. The summed E-state index contributed by atoms with van der Waals surface area (Å²) >= 11 is 0. The van der Waals surface area contributed by atoms with Gasteiger partial charge >= 0.3 is 12.1 Å². The summed E-state index contributed by atoms with van der Waals surface area (Å²) in [6, 6.07) is 5.91. The molecule has 1 atom stereocenters. The molecule has 1 saturated carbocycles. The van der Waals surface area contributed by atoms with Crippen molar-refractivity contribution in [2.45, 2.75) is 57.7 Å². The summed E-state index contributed by atoms with van der Waals surface area (Å²) in [5, 5.41) is 24.3. The molecule has 1 aliphatic carbocycles. The highest BCUT2D eigenvalue weighted by atomic mass is 16.6. The van der Waals surface area contributed by atoms with E-state index >= 15 is 0 Å². The minimum atomic E-state index is -1.36. The van der Waals surface area contributed by atoms with E-state index < -0.39 is 29.6 Å². The Kier molecular flexibility index (Phi) is 8.68. The highest BCUT2D eigenvalue weighted by molar-refractivity contribution is 5.99. The molecule has 3 amide bonds. The number of aromatic nitrogens is 5. The summed E-state index contributed by atoms with van der Waals surface area (Å²) < 4.78 is 12.6. The monoisotopic (exact) mass is 594 g/mol. The second-order valence-corrected chi connectivity index (χ2v) is 10.7. The van der Waals surface area contributed by atoms with Gasteiger partial charge in [0.25, 0.3) is 5.91 Å². The lowest BCUT2D eigenvalue weighted by Gasteiger charge is -2.38. The van der Waals surface area contributed by atoms with E-state index in [1.54, 1.807) is 24.0 Å². The number of rotatable bonds is 10. The van der Waals surface area contributed by atoms with Gasteiger partial charge in [0, 0.05) is 44.2 Å². The van der Waals surface area contributed by atoms with Gasteiger partial charge in [0.2, 0.25) is 11.5 Å². The number of pyridine rings is 1. The summed E-state index contributed by atoms with van der Waals surface area (Å²) in [7, 11) is 0. The number of hydrogen-bond acceptors (Lipinski definition) is 10. The second kappa shape index (κ2) is 12.6. The molecular formula is C28H34N8O7. The number of carboxylic acid groups (broad SMARTS) is 1. The van der Waals surface area contributed by atoms with Crippen LogP contribution in [0.5, 0.6) is 5.75 Å². The van der Waals surface area contributed by atoms with Gasteiger partial charge in [0.15, 0.2) is 0 Å². The average molecular weight is 595 g/mol. The van der Waals surface area contributed by atoms with Crippen molar-refractivity contribution in [3.63, 3.8) is 0 Å². The number of nitrogens with one attached hydrogen (secondary N) is 1. The number of aliphatic carboxylic acids is 1. The van der Waals surface area contributed by atoms with E-state index in [0.717, 1.165) is 12.0 Å². The Bertz CT molecular complexity index is 1500. The molecule has 3 heterocycles. The van der Waals surface area contributed by atoms with E-state index in [1.165, 1.54) is 22.0 Å². The van der Waals surface area contributed by atoms with Gasteiger partial charge in [-0.15, -0.1) is 5.10 Å². The Morgan fingerprint density at radius 3 is 2.47 bits per heavy atom. The van der Waals surface area contributed by atoms with E-state index in [9.17, 15) is 24.3 Å². The minimum absolute atomic E-state index is 0.0136. The Morgan fingerprint density at radius 1 is 1.09 bits per heavy atom. The summed E-state index contributed by atoms with van der Waals surface area (Å²) in [6.07, 6.45) is 2.61. The highest BCUT2D eigenvalue weighted by Crippen LogP contribution is 2.39. The smallest absolute Gasteiger partial charge is 0.409 e. The molecular weight excluding hydrogens is 560 g/mol. The third-order valence-electron chi connectivity index (χ3n) is 7.78. The molecule has 228 valence electrons. The van der Waals surface area contributed by atoms with Gasteiger partial charge in [0.1, 0.15) is 23.8 Å². The fourth-order valence-corrected chi connectivity index (χ4v) is 5.15. The van der Waals surface area contributed by atoms with Crippen molar-refractivity contribution in [3.05, 3.63) is 41.9 Å². The van der Waals surface area contributed by atoms with Crippen LogP contribution in [0.25, 0.3) is 10.9 Å². The van der Waals surface area contributed by atoms with Crippen molar-refractivity contribution in [1.82, 2.24) is 40.3 Å². The molecule has 2 aliphatic rings. The molecule has 15 nitrogen and oxygen atoms in total. The summed E-state index contributed by atoms with van der Waals surface area (Å²) in [5.41, 5.74) is -0.00537. The van der Waals surface area contributed by atoms with Gasteiger partial charge in [-0.3, -0.25) is 9.59 Å². The van der Waals surface area contributed by atoms with Crippen molar-refractivity contribution in [3.8, 4) is 5.75 Å². The number of piperazine rings is 1. The zero-order chi connectivity index (χ0) is 30.6. The third kappa shape index (κ3) is 6.49. The van der Waals surface area contributed by atoms with Crippen LogP contribution in [0, 0.1) is 6.92 Å². The lowest BCUT2D eigenvalue weighted by molar-refractivity contribution is -0.163. The first-order chi connectivity index (χ1) is 20.7. The van der Waals surface area contributed by atoms with Crippen LogP contribution in [-0.2, 0) is 20.9 Å². The van der Waals surface area contributed by atoms with Crippen LogP contribution in [-0.4, -0.2) is 108 Å². The second-order valence-electron chi connectivity index (χ2n) is 10.7. The lowest BCUT2D eigenvalue weighted by Crippen LogP contribution is -2.56. The van der Waals surface area contributed by atoms with Crippen LogP contribution in [0.3, 0.4) is 0 Å². The fraction of sp³-hybridized carbons (Fsp3) is 0.500. The van der Waals surface area contributed by atoms with Gasteiger partial charge in [0.05, 0.1) is 12.1 Å². The van der Waals surface area contributed by atoms with Gasteiger partial charge in [-0.25, -0.2) is 19.3 Å². The van der Waals surface area contributed by atoms with E-state index in [-0.39, 0.29) is 50.0 Å². The summed E-state index contributed by atoms with van der Waals surface area (Å²) in [6.45, 7) is 5.28. The Morgan fingerprint density at radius 2 is 1.84 bits per heavy atom. The van der Waals surface area contributed by atoms with E-state index in [0.29, 0.717) is 36.8 Å². The molecule has 0 radical (unpaired) electrons. The fourth-order valence-electron chi connectivity index (χ4n) is 5.15. The lowest BCUT2D eigenvalue weighted by atomic mass is 9.80. The van der Waals surface area contributed by atoms with Crippen molar-refractivity contribution in [1.29, 1.82) is 0 Å². The van der Waals surface area contributed by atoms with Gasteiger partial charge in [-0.2, -0.15) is 0 Å². The molecule has 15 heteroatoms. The number of benzene rings is 1. The highest BCUT2D eigenvalue weighted by Gasteiger charge is 2.47. The van der Waals surface area contributed by atoms with Crippen molar-refractivity contribution < 1.29 is 33.8 Å². The number of fused-ring (bicyclic) bond motifs is 1. The van der Waals surface area contributed by atoms with Crippen LogP contribution < -0.4 is 10.1 Å². The summed E-state index contributed by atoms with van der Waals surface area (Å²) in [5.74, 6) is -1.76. The molecule has 2 N–H and O–H groups in total. The number of carbonyl (C=O) groups excluding carboxylic acids is 3. The van der Waals surface area contributed by atoms with Gasteiger partial charge in [-0.05, 0) is 67.7 Å². The van der Waals surface area contributed by atoms with Crippen LogP contribution >= 0.6 is 0 Å². The van der Waals surface area contributed by atoms with E-state index in [4.69, 9.17) is 9.47 Å². The number of carboxylic acids is 1. The van der Waals surface area contributed by atoms with E-state index in [1.807, 2.05) is 13.0 Å². The number of ether oxygens (including phenoxy) is 2. The maximum Gasteiger partial charge on any atom is 0.409 e. The SMILES string of the molecule is CCOC(=O)N1CCN(C(=O)C(CCn2cnnn2)NC(=O)c2cc(OC3(C(=O)O)CCC3)c3ccc(C)cc3n2)CC1. The molecule has 1 aliphatic heterocycles. The molecule has 1 unspecified atom stereocenters. The standard InChI is InChI=1S/C28H34N8O7/c1-3-42-27(41)35-13-11-34(12-14-35)25(38)20(7-10-36-17-29-32-33-36)31-24(37)22-16-23(43-28(26(39)40)8-4-9-28)19-6-5-18(2)15-21(19)30-22/h5-6,15-17,20H,3-4,7-14H2,1-2H3,(H,31,37)(H,39,40). The zero-order valence-corrected chi connectivity index (χ0v) is 24.1. The number of hydrogen-bond donors (Lipinski definition) is 2. The normalized spacial score (nSPS) is 16.7. The first-order valence-electron chi connectivity index (χ1n) is 14.2. The molecule has 43 heavy (non-hydrogen) atoms. The first-order valence-corrected chi connectivity index (χ1v) is 14.2. The Labute approximate surface area is 247 Å². The largest absolute Gasteiger partial charge is 0.478 e. The van der Waals surface area contributed by atoms with Gasteiger partial charge < -0.3 is 29.7 Å². The number of tetrazole rings is 1. The number of aryl methyl sites for hydroxylation is 2. The predicted molar refractivity (Wildman–Crippen MR) is 150 cm³/mol. The number of carbonyl (C=O) groups is 4. The maximum atomic E-state index is 13.7. The van der Waals surface area contributed by atoms with E-state index in [2.05, 4.69) is 25.8 Å². The number of amides is 3. The summed E-state index contributed by atoms with van der Waals surface area (Å²) in [4.78, 5) is 59.1. The molecule has 0 bridgehead atoms. The molecule has 5 rings (SSSR count). The predicted octanol–water partition coefficient (Wildman–Crippen LogP) is 1.41. The molecule has 2 aromatic heterocycles. The third-order valence-corrected chi connectivity index (χ3v) is 7.78. The first kappa shape index (κ1) is 29.7. The van der Waals surface area contributed by atoms with Crippen LogP contribution in [0.4, 0.5) is 4.79 Å². The van der Waals surface area contributed by atoms with Crippen molar-refractivity contribution >= 4 is 34.8 Å². The molecule has 0 spiro atoms. The quantitative estimate of drug-likeness (QED) is 0.346. The average Bonchev–Trinajstić information content (AvgIpc) is 3.50.